The van der Waals surface area contributed by atoms with Crippen molar-refractivity contribution in [2.45, 2.75) is 38.8 Å². The van der Waals surface area contributed by atoms with E-state index in [1.807, 2.05) is 18.2 Å². The topological polar surface area (TPSA) is 47.7 Å². The summed E-state index contributed by atoms with van der Waals surface area (Å²) in [4.78, 5) is 2.53. The number of benzene rings is 1. The van der Waals surface area contributed by atoms with Gasteiger partial charge in [0, 0.05) is 36.8 Å². The van der Waals surface area contributed by atoms with Crippen molar-refractivity contribution in [2.24, 2.45) is 11.7 Å². The molecule has 0 saturated heterocycles. The molecule has 4 nitrogen and oxygen atoms in total. The zero-order valence-electron chi connectivity index (χ0n) is 13.6. The fourth-order valence-corrected chi connectivity index (χ4v) is 2.76. The van der Waals surface area contributed by atoms with Gasteiger partial charge in [-0.25, -0.2) is 0 Å². The second-order valence-electron chi connectivity index (χ2n) is 6.29. The summed E-state index contributed by atoms with van der Waals surface area (Å²) in [5.41, 5.74) is 7.49. The first kappa shape index (κ1) is 16.1. The number of ether oxygens (including phenoxy) is 2. The van der Waals surface area contributed by atoms with Crippen LogP contribution in [0.25, 0.3) is 0 Å². The number of rotatable bonds is 8. The molecule has 0 aromatic heterocycles. The lowest BCUT2D eigenvalue weighted by molar-refractivity contribution is 0.220. The summed E-state index contributed by atoms with van der Waals surface area (Å²) < 4.78 is 10.7. The van der Waals surface area contributed by atoms with E-state index in [1.54, 1.807) is 14.2 Å². The molecular formula is C17H28N2O2. The third-order valence-electron chi connectivity index (χ3n) is 3.93. The number of nitrogens with zero attached hydrogens (tertiary/aromatic N) is 1. The van der Waals surface area contributed by atoms with E-state index in [0.717, 1.165) is 36.2 Å². The van der Waals surface area contributed by atoms with Gasteiger partial charge in [0.25, 0.3) is 0 Å². The molecule has 118 valence electrons. The predicted octanol–water partition coefficient (Wildman–Crippen LogP) is 2.82. The van der Waals surface area contributed by atoms with Crippen LogP contribution < -0.4 is 15.2 Å². The van der Waals surface area contributed by atoms with E-state index >= 15 is 0 Å². The molecule has 0 bridgehead atoms. The maximum absolute atomic E-state index is 6.44. The average Bonchev–Trinajstić information content (AvgIpc) is 3.29. The SMILES string of the molecule is COc1ccc(C(N)CN(CC(C)C)C2CC2)c(OC)c1. The molecule has 0 spiro atoms. The minimum absolute atomic E-state index is 0.0368. The van der Waals surface area contributed by atoms with Crippen molar-refractivity contribution in [3.63, 3.8) is 0 Å². The maximum Gasteiger partial charge on any atom is 0.127 e. The van der Waals surface area contributed by atoms with Gasteiger partial charge in [-0.15, -0.1) is 0 Å². The summed E-state index contributed by atoms with van der Waals surface area (Å²) in [5.74, 6) is 2.27. The Morgan fingerprint density at radius 3 is 2.43 bits per heavy atom. The number of methoxy groups -OCH3 is 2. The molecule has 1 aliphatic carbocycles. The number of hydrogen-bond donors (Lipinski definition) is 1. The van der Waals surface area contributed by atoms with Crippen molar-refractivity contribution in [3.8, 4) is 11.5 Å². The predicted molar refractivity (Wildman–Crippen MR) is 85.9 cm³/mol. The molecule has 2 N–H and O–H groups in total. The summed E-state index contributed by atoms with van der Waals surface area (Å²) in [6, 6.07) is 6.55. The molecule has 1 atom stereocenters. The zero-order valence-corrected chi connectivity index (χ0v) is 13.6. The highest BCUT2D eigenvalue weighted by atomic mass is 16.5. The van der Waals surface area contributed by atoms with Crippen molar-refractivity contribution < 1.29 is 9.47 Å². The molecule has 21 heavy (non-hydrogen) atoms. The van der Waals surface area contributed by atoms with Gasteiger partial charge in [0.2, 0.25) is 0 Å². The van der Waals surface area contributed by atoms with Gasteiger partial charge < -0.3 is 15.2 Å². The van der Waals surface area contributed by atoms with Crippen LogP contribution in [0.1, 0.15) is 38.3 Å². The normalized spacial score (nSPS) is 16.3. The van der Waals surface area contributed by atoms with Crippen LogP contribution in [-0.4, -0.2) is 38.3 Å². The van der Waals surface area contributed by atoms with Crippen LogP contribution >= 0.6 is 0 Å². The summed E-state index contributed by atoms with van der Waals surface area (Å²) >= 11 is 0. The molecule has 1 saturated carbocycles. The van der Waals surface area contributed by atoms with Crippen molar-refractivity contribution >= 4 is 0 Å². The number of nitrogens with two attached hydrogens (primary N) is 1. The van der Waals surface area contributed by atoms with Crippen LogP contribution in [0.2, 0.25) is 0 Å². The van der Waals surface area contributed by atoms with Gasteiger partial charge in [0.05, 0.1) is 14.2 Å². The molecule has 1 aromatic rings. The molecule has 1 aromatic carbocycles. The Morgan fingerprint density at radius 1 is 1.19 bits per heavy atom. The van der Waals surface area contributed by atoms with E-state index in [2.05, 4.69) is 18.7 Å². The average molecular weight is 292 g/mol. The Kier molecular flexibility index (Phi) is 5.48. The quantitative estimate of drug-likeness (QED) is 0.800. The van der Waals surface area contributed by atoms with Crippen LogP contribution in [-0.2, 0) is 0 Å². The lowest BCUT2D eigenvalue weighted by atomic mass is 10.0. The third kappa shape index (κ3) is 4.35. The first-order chi connectivity index (χ1) is 10.0. The maximum atomic E-state index is 6.44. The summed E-state index contributed by atoms with van der Waals surface area (Å²) in [6.45, 7) is 6.51. The molecule has 1 unspecified atom stereocenters. The van der Waals surface area contributed by atoms with Crippen molar-refractivity contribution in [1.82, 2.24) is 4.90 Å². The first-order valence-corrected chi connectivity index (χ1v) is 7.76. The van der Waals surface area contributed by atoms with E-state index in [9.17, 15) is 0 Å². The van der Waals surface area contributed by atoms with Crippen LogP contribution in [0.3, 0.4) is 0 Å². The minimum atomic E-state index is -0.0368. The van der Waals surface area contributed by atoms with Gasteiger partial charge >= 0.3 is 0 Å². The smallest absolute Gasteiger partial charge is 0.127 e. The van der Waals surface area contributed by atoms with Crippen LogP contribution in [0.5, 0.6) is 11.5 Å². The Labute approximate surface area is 128 Å². The van der Waals surface area contributed by atoms with Crippen molar-refractivity contribution in [3.05, 3.63) is 23.8 Å². The van der Waals surface area contributed by atoms with Crippen LogP contribution in [0.4, 0.5) is 0 Å². The zero-order chi connectivity index (χ0) is 15.4. The van der Waals surface area contributed by atoms with Gasteiger partial charge in [-0.2, -0.15) is 0 Å². The third-order valence-corrected chi connectivity index (χ3v) is 3.93. The van der Waals surface area contributed by atoms with Crippen LogP contribution in [0.15, 0.2) is 18.2 Å². The molecule has 1 fully saturated rings. The highest BCUT2D eigenvalue weighted by Gasteiger charge is 2.30. The largest absolute Gasteiger partial charge is 0.497 e. The molecule has 0 aliphatic heterocycles. The van der Waals surface area contributed by atoms with E-state index < -0.39 is 0 Å². The van der Waals surface area contributed by atoms with Gasteiger partial charge in [-0.3, -0.25) is 4.90 Å². The van der Waals surface area contributed by atoms with Crippen LogP contribution in [0, 0.1) is 5.92 Å². The molecule has 4 heteroatoms. The van der Waals surface area contributed by atoms with Crippen molar-refractivity contribution in [2.75, 3.05) is 27.3 Å². The molecule has 0 amide bonds. The Bertz CT molecular complexity index is 458. The Hall–Kier alpha value is -1.26. The highest BCUT2D eigenvalue weighted by molar-refractivity contribution is 5.42. The molecular weight excluding hydrogens is 264 g/mol. The molecule has 0 heterocycles. The monoisotopic (exact) mass is 292 g/mol. The second kappa shape index (κ2) is 7.14. The lowest BCUT2D eigenvalue weighted by Crippen LogP contribution is -2.36. The van der Waals surface area contributed by atoms with Gasteiger partial charge in [0.1, 0.15) is 11.5 Å². The Morgan fingerprint density at radius 2 is 1.90 bits per heavy atom. The molecule has 2 rings (SSSR count). The second-order valence-corrected chi connectivity index (χ2v) is 6.29. The number of hydrogen-bond acceptors (Lipinski definition) is 4. The van der Waals surface area contributed by atoms with Crippen molar-refractivity contribution in [1.29, 1.82) is 0 Å². The fraction of sp³-hybridized carbons (Fsp3) is 0.647. The van der Waals surface area contributed by atoms with Gasteiger partial charge in [-0.05, 0) is 24.8 Å². The van der Waals surface area contributed by atoms with E-state index in [0.29, 0.717) is 5.92 Å². The lowest BCUT2D eigenvalue weighted by Gasteiger charge is -2.28. The van der Waals surface area contributed by atoms with Gasteiger partial charge in [0.15, 0.2) is 0 Å². The molecule has 0 radical (unpaired) electrons. The summed E-state index contributed by atoms with van der Waals surface area (Å²) in [5, 5.41) is 0. The van der Waals surface area contributed by atoms with E-state index in [4.69, 9.17) is 15.2 Å². The highest BCUT2D eigenvalue weighted by Crippen LogP contribution is 2.32. The van der Waals surface area contributed by atoms with E-state index in [1.165, 1.54) is 12.8 Å². The van der Waals surface area contributed by atoms with Gasteiger partial charge in [-0.1, -0.05) is 19.9 Å². The fourth-order valence-electron chi connectivity index (χ4n) is 2.76. The van der Waals surface area contributed by atoms with E-state index in [-0.39, 0.29) is 6.04 Å². The Balaban J connectivity index is 2.09. The first-order valence-electron chi connectivity index (χ1n) is 7.76. The standard InChI is InChI=1S/C17H28N2O2/c1-12(2)10-19(13-5-6-13)11-16(18)15-8-7-14(20-3)9-17(15)21-4/h7-9,12-13,16H,5-6,10-11,18H2,1-4H3. The minimum Gasteiger partial charge on any atom is -0.497 e. The molecule has 1 aliphatic rings. The summed E-state index contributed by atoms with van der Waals surface area (Å²) in [7, 11) is 3.34. The summed E-state index contributed by atoms with van der Waals surface area (Å²) in [6.07, 6.45) is 2.61.